The third-order valence-corrected chi connectivity index (χ3v) is 5.45. The maximum atomic E-state index is 13.8. The van der Waals surface area contributed by atoms with Gasteiger partial charge in [0, 0.05) is 30.3 Å². The van der Waals surface area contributed by atoms with Crippen LogP contribution in [0.2, 0.25) is 0 Å². The molecule has 1 saturated heterocycles. The van der Waals surface area contributed by atoms with Crippen molar-refractivity contribution in [1.29, 1.82) is 0 Å². The van der Waals surface area contributed by atoms with Gasteiger partial charge in [-0.1, -0.05) is 12.1 Å². The highest BCUT2D eigenvalue weighted by Crippen LogP contribution is 2.51. The van der Waals surface area contributed by atoms with Crippen molar-refractivity contribution in [3.8, 4) is 28.5 Å². The largest absolute Gasteiger partial charge is 0.481 e. The zero-order valence-corrected chi connectivity index (χ0v) is 16.1. The molecule has 1 fully saturated rings. The fraction of sp³-hybridized carbons (Fsp3) is 0.227. The topological polar surface area (TPSA) is 78.6 Å². The first kappa shape index (κ1) is 18.9. The Kier molecular flexibility index (Phi) is 4.43. The summed E-state index contributed by atoms with van der Waals surface area (Å²) in [5.74, 6) is -0.262. The highest BCUT2D eigenvalue weighted by Gasteiger charge is 2.47. The molecule has 0 amide bonds. The van der Waals surface area contributed by atoms with Gasteiger partial charge in [-0.2, -0.15) is 0 Å². The molecule has 0 radical (unpaired) electrons. The highest BCUT2D eigenvalue weighted by atomic mass is 19.2. The quantitative estimate of drug-likeness (QED) is 0.674. The SMILES string of the molecule is COc1cc2c(cn1)Oc1ccc(-c3ccc(F)c(F)c3)cc1C21CNC[C@@H](N)O1. The molecule has 6 nitrogen and oxygen atoms in total. The minimum atomic E-state index is -0.953. The van der Waals surface area contributed by atoms with Gasteiger partial charge in [-0.15, -0.1) is 0 Å². The summed E-state index contributed by atoms with van der Waals surface area (Å²) in [6, 6.07) is 11.0. The molecule has 0 bridgehead atoms. The van der Waals surface area contributed by atoms with Crippen LogP contribution < -0.4 is 20.5 Å². The van der Waals surface area contributed by atoms with Gasteiger partial charge >= 0.3 is 0 Å². The predicted molar refractivity (Wildman–Crippen MR) is 105 cm³/mol. The van der Waals surface area contributed by atoms with Gasteiger partial charge < -0.3 is 25.3 Å². The van der Waals surface area contributed by atoms with Gasteiger partial charge in [0.25, 0.3) is 0 Å². The van der Waals surface area contributed by atoms with Crippen molar-refractivity contribution in [1.82, 2.24) is 10.3 Å². The molecule has 2 aromatic carbocycles. The molecular formula is C22H19F2N3O3. The zero-order valence-electron chi connectivity index (χ0n) is 16.1. The average molecular weight is 411 g/mol. The molecule has 1 unspecified atom stereocenters. The second kappa shape index (κ2) is 7.02. The summed E-state index contributed by atoms with van der Waals surface area (Å²) in [4.78, 5) is 4.23. The third-order valence-electron chi connectivity index (χ3n) is 5.45. The summed E-state index contributed by atoms with van der Waals surface area (Å²) < 4.78 is 44.9. The number of morpholine rings is 1. The number of pyridine rings is 1. The second-order valence-electron chi connectivity index (χ2n) is 7.28. The van der Waals surface area contributed by atoms with Crippen LogP contribution >= 0.6 is 0 Å². The summed E-state index contributed by atoms with van der Waals surface area (Å²) in [7, 11) is 1.53. The number of methoxy groups -OCH3 is 1. The summed E-state index contributed by atoms with van der Waals surface area (Å²) in [5, 5.41) is 3.31. The Bertz CT molecular complexity index is 1140. The molecule has 2 aliphatic rings. The molecule has 3 N–H and O–H groups in total. The zero-order chi connectivity index (χ0) is 20.9. The van der Waals surface area contributed by atoms with Gasteiger partial charge in [0.2, 0.25) is 5.88 Å². The van der Waals surface area contributed by atoms with Crippen LogP contribution in [0.15, 0.2) is 48.7 Å². The van der Waals surface area contributed by atoms with Crippen molar-refractivity contribution in [3.63, 3.8) is 0 Å². The summed E-state index contributed by atoms with van der Waals surface area (Å²) in [6.45, 7) is 0.941. The third kappa shape index (κ3) is 2.92. The Balaban J connectivity index is 1.70. The van der Waals surface area contributed by atoms with Gasteiger partial charge in [0.15, 0.2) is 17.4 Å². The number of halogens is 2. The predicted octanol–water partition coefficient (Wildman–Crippen LogP) is 3.29. The van der Waals surface area contributed by atoms with Gasteiger partial charge in [-0.3, -0.25) is 0 Å². The highest BCUT2D eigenvalue weighted by molar-refractivity contribution is 5.69. The van der Waals surface area contributed by atoms with Crippen LogP contribution in [0, 0.1) is 11.6 Å². The molecular weight excluding hydrogens is 392 g/mol. The van der Waals surface area contributed by atoms with E-state index < -0.39 is 23.5 Å². The van der Waals surface area contributed by atoms with Crippen molar-refractivity contribution in [3.05, 3.63) is 71.4 Å². The Hall–Kier alpha value is -3.07. The molecule has 30 heavy (non-hydrogen) atoms. The Morgan fingerprint density at radius 1 is 1.07 bits per heavy atom. The number of hydrogen-bond acceptors (Lipinski definition) is 6. The number of rotatable bonds is 2. The minimum absolute atomic E-state index is 0.416. The first-order valence-corrected chi connectivity index (χ1v) is 9.46. The number of fused-ring (bicyclic) bond motifs is 4. The van der Waals surface area contributed by atoms with Crippen LogP contribution in [-0.2, 0) is 10.3 Å². The van der Waals surface area contributed by atoms with Crippen LogP contribution in [0.4, 0.5) is 8.78 Å². The lowest BCUT2D eigenvalue weighted by Crippen LogP contribution is -2.56. The molecule has 1 aromatic heterocycles. The number of aromatic nitrogens is 1. The van der Waals surface area contributed by atoms with Crippen LogP contribution in [0.1, 0.15) is 11.1 Å². The molecule has 3 aromatic rings. The average Bonchev–Trinajstić information content (AvgIpc) is 2.76. The Morgan fingerprint density at radius 3 is 2.60 bits per heavy atom. The molecule has 2 aliphatic heterocycles. The molecule has 0 saturated carbocycles. The Morgan fingerprint density at radius 2 is 1.83 bits per heavy atom. The normalized spacial score (nSPS) is 22.2. The summed E-state index contributed by atoms with van der Waals surface area (Å²) >= 11 is 0. The smallest absolute Gasteiger partial charge is 0.213 e. The van der Waals surface area contributed by atoms with E-state index in [4.69, 9.17) is 19.9 Å². The van der Waals surface area contributed by atoms with Crippen molar-refractivity contribution >= 4 is 0 Å². The molecule has 154 valence electrons. The lowest BCUT2D eigenvalue weighted by Gasteiger charge is -2.44. The van der Waals surface area contributed by atoms with E-state index in [1.54, 1.807) is 24.4 Å². The van der Waals surface area contributed by atoms with E-state index in [0.29, 0.717) is 41.6 Å². The fourth-order valence-corrected chi connectivity index (χ4v) is 4.04. The van der Waals surface area contributed by atoms with E-state index in [1.807, 2.05) is 6.07 Å². The summed E-state index contributed by atoms with van der Waals surface area (Å²) in [5.41, 5.74) is 7.89. The molecule has 3 heterocycles. The first-order chi connectivity index (χ1) is 14.5. The van der Waals surface area contributed by atoms with Crippen molar-refractivity contribution in [2.75, 3.05) is 20.2 Å². The van der Waals surface area contributed by atoms with E-state index in [9.17, 15) is 8.78 Å². The number of hydrogen-bond donors (Lipinski definition) is 2. The lowest BCUT2D eigenvalue weighted by atomic mass is 9.81. The standard InChI is InChI=1S/C22H19F2N3O3/c1-28-21-8-15-19(9-27-21)29-18-5-3-12(13-2-4-16(23)17(24)7-13)6-14(18)22(15)11-26-10-20(25)30-22/h2-9,20,26H,10-11,25H2,1H3/t20-,22?/m0/s1. The van der Waals surface area contributed by atoms with E-state index >= 15 is 0 Å². The van der Waals surface area contributed by atoms with Crippen molar-refractivity contribution in [2.45, 2.75) is 11.8 Å². The lowest BCUT2D eigenvalue weighted by molar-refractivity contribution is -0.0971. The molecule has 1 spiro atoms. The monoisotopic (exact) mass is 411 g/mol. The van der Waals surface area contributed by atoms with E-state index in [1.165, 1.54) is 19.2 Å². The van der Waals surface area contributed by atoms with Gasteiger partial charge in [-0.05, 0) is 35.4 Å². The number of nitrogens with two attached hydrogens (primary N) is 1. The summed E-state index contributed by atoms with van der Waals surface area (Å²) in [6.07, 6.45) is 1.04. The molecule has 8 heteroatoms. The molecule has 2 atom stereocenters. The van der Waals surface area contributed by atoms with Gasteiger partial charge in [-0.25, -0.2) is 13.8 Å². The first-order valence-electron chi connectivity index (χ1n) is 9.46. The Labute approximate surface area is 171 Å². The maximum Gasteiger partial charge on any atom is 0.213 e. The molecule has 5 rings (SSSR count). The number of nitrogens with zero attached hydrogens (tertiary/aromatic N) is 1. The van der Waals surface area contributed by atoms with Gasteiger partial charge in [0.1, 0.15) is 17.6 Å². The van der Waals surface area contributed by atoms with Crippen molar-refractivity contribution in [2.24, 2.45) is 5.73 Å². The number of nitrogens with one attached hydrogen (secondary N) is 1. The molecule has 0 aliphatic carbocycles. The number of ether oxygens (including phenoxy) is 3. The van der Waals surface area contributed by atoms with Crippen LogP contribution in [0.5, 0.6) is 17.4 Å². The fourth-order valence-electron chi connectivity index (χ4n) is 4.04. The van der Waals surface area contributed by atoms with E-state index in [-0.39, 0.29) is 0 Å². The van der Waals surface area contributed by atoms with Crippen LogP contribution in [0.25, 0.3) is 11.1 Å². The van der Waals surface area contributed by atoms with E-state index in [0.717, 1.165) is 17.2 Å². The van der Waals surface area contributed by atoms with Crippen LogP contribution in [0.3, 0.4) is 0 Å². The number of benzene rings is 2. The van der Waals surface area contributed by atoms with E-state index in [2.05, 4.69) is 10.3 Å². The van der Waals surface area contributed by atoms with Gasteiger partial charge in [0.05, 0.1) is 13.3 Å². The second-order valence-corrected chi connectivity index (χ2v) is 7.28. The maximum absolute atomic E-state index is 13.8. The van der Waals surface area contributed by atoms with Crippen molar-refractivity contribution < 1.29 is 23.0 Å². The minimum Gasteiger partial charge on any atom is -0.481 e. The van der Waals surface area contributed by atoms with Crippen LogP contribution in [-0.4, -0.2) is 31.4 Å².